The number of para-hydroxylation sites is 2. The first-order valence-corrected chi connectivity index (χ1v) is 21.2. The van der Waals surface area contributed by atoms with Crippen molar-refractivity contribution in [1.29, 1.82) is 0 Å². The topological polar surface area (TPSA) is 9.86 Å². The minimum absolute atomic E-state index is 0.165. The normalized spacial score (nSPS) is 13.1. The molecule has 0 spiro atoms. The lowest BCUT2D eigenvalue weighted by Crippen LogP contribution is -2.56. The number of aromatic nitrogens is 2. The third-order valence-corrected chi connectivity index (χ3v) is 13.6. The second-order valence-corrected chi connectivity index (χ2v) is 16.8. The summed E-state index contributed by atoms with van der Waals surface area (Å²) in [5.74, 6) is 0. The monoisotopic (exact) mass is 760 g/mol. The lowest BCUT2D eigenvalue weighted by molar-refractivity contribution is 1.17. The summed E-state index contributed by atoms with van der Waals surface area (Å²) < 4.78 is 4.97. The van der Waals surface area contributed by atoms with Gasteiger partial charge in [0.25, 0.3) is 0 Å². The van der Waals surface area contributed by atoms with Gasteiger partial charge in [-0.05, 0) is 83.6 Å². The van der Waals surface area contributed by atoms with Gasteiger partial charge in [-0.25, -0.2) is 0 Å². The minimum atomic E-state index is 0.165. The second-order valence-electron chi connectivity index (χ2n) is 16.8. The van der Waals surface area contributed by atoms with Crippen LogP contribution in [0.2, 0.25) is 0 Å². The van der Waals surface area contributed by atoms with Crippen LogP contribution in [-0.4, -0.2) is 22.6 Å². The Morgan fingerprint density at radius 2 is 0.600 bits per heavy atom. The first kappa shape index (κ1) is 33.7. The predicted octanol–water partition coefficient (Wildman–Crippen LogP) is 8.72. The Hall–Kier alpha value is -7.29. The van der Waals surface area contributed by atoms with Crippen molar-refractivity contribution >= 4 is 89.8 Å². The predicted molar refractivity (Wildman–Crippen MR) is 256 cm³/mol. The molecule has 13 rings (SSSR count). The largest absolute Gasteiger partial charge is 0.309 e. The average Bonchev–Trinajstić information content (AvgIpc) is 3.80. The summed E-state index contributed by atoms with van der Waals surface area (Å²) in [6.07, 6.45) is 1.95. The van der Waals surface area contributed by atoms with E-state index in [0.29, 0.717) is 0 Å². The standard InChI is InChI=1S/C56H38B2N2/c1-3-19-43(20-4-1)59-53-29-27-41(57-49-23-11-7-15-37(49)31-38-16-8-12-24-50(38)57)33-45(53)47-36-56-48(35-55(47)59)46-34-42(28-30-54(46)60(56)44-21-5-2-6-22-44)58-51-25-13-9-17-39(51)32-40-18-10-14-26-52(40)58/h1-30,33-36H,31-32H2. The molecule has 0 atom stereocenters. The number of benzene rings is 9. The minimum Gasteiger partial charge on any atom is -0.309 e. The highest BCUT2D eigenvalue weighted by Gasteiger charge is 2.32. The molecule has 0 N–H and O–H groups in total. The molecular weight excluding hydrogens is 722 g/mol. The molecule has 11 aromatic rings. The van der Waals surface area contributed by atoms with Gasteiger partial charge in [-0.15, -0.1) is 0 Å². The summed E-state index contributed by atoms with van der Waals surface area (Å²) >= 11 is 0. The summed E-state index contributed by atoms with van der Waals surface area (Å²) in [4.78, 5) is 0. The Balaban J connectivity index is 1.11. The SMILES string of the molecule is c1ccc(-n2c3ccc(B4c5ccccc5Cc5ccccc54)cc3c3cc4c(cc32)c2cc(B3c5ccccc5Cc5ccccc53)ccc2n4-c2ccccc2)cc1. The quantitative estimate of drug-likeness (QED) is 0.159. The van der Waals surface area contributed by atoms with Crippen LogP contribution in [0.25, 0.3) is 55.0 Å². The van der Waals surface area contributed by atoms with Crippen molar-refractivity contribution in [2.45, 2.75) is 12.8 Å². The van der Waals surface area contributed by atoms with Crippen molar-refractivity contribution in [2.75, 3.05) is 0 Å². The van der Waals surface area contributed by atoms with Crippen LogP contribution >= 0.6 is 0 Å². The molecule has 0 saturated carbocycles. The average molecular weight is 761 g/mol. The fourth-order valence-electron chi connectivity index (χ4n) is 11.0. The molecule has 4 heterocycles. The first-order chi connectivity index (χ1) is 29.8. The van der Waals surface area contributed by atoms with Crippen LogP contribution < -0.4 is 32.8 Å². The van der Waals surface area contributed by atoms with E-state index >= 15 is 0 Å². The molecule has 0 unspecified atom stereocenters. The van der Waals surface area contributed by atoms with Gasteiger partial charge in [-0.1, -0.05) is 191 Å². The molecule has 9 aromatic carbocycles. The Kier molecular flexibility index (Phi) is 7.35. The molecule has 0 bridgehead atoms. The summed E-state index contributed by atoms with van der Waals surface area (Å²) in [7, 11) is 0. The Morgan fingerprint density at radius 3 is 0.967 bits per heavy atom. The number of rotatable bonds is 4. The van der Waals surface area contributed by atoms with Crippen LogP contribution in [-0.2, 0) is 12.8 Å². The van der Waals surface area contributed by atoms with Crippen molar-refractivity contribution in [3.63, 3.8) is 0 Å². The van der Waals surface area contributed by atoms with Gasteiger partial charge in [0.2, 0.25) is 13.4 Å². The summed E-state index contributed by atoms with van der Waals surface area (Å²) in [6, 6.07) is 77.5. The van der Waals surface area contributed by atoms with Gasteiger partial charge in [-0.3, -0.25) is 0 Å². The molecular formula is C56H38B2N2. The molecule has 60 heavy (non-hydrogen) atoms. The van der Waals surface area contributed by atoms with E-state index in [9.17, 15) is 0 Å². The van der Waals surface area contributed by atoms with E-state index in [0.717, 1.165) is 12.8 Å². The van der Waals surface area contributed by atoms with Crippen LogP contribution in [0.3, 0.4) is 0 Å². The van der Waals surface area contributed by atoms with E-state index in [4.69, 9.17) is 0 Å². The first-order valence-electron chi connectivity index (χ1n) is 21.2. The van der Waals surface area contributed by atoms with E-state index in [1.54, 1.807) is 0 Å². The van der Waals surface area contributed by atoms with E-state index in [-0.39, 0.29) is 13.4 Å². The van der Waals surface area contributed by atoms with Crippen LogP contribution in [0.1, 0.15) is 22.3 Å². The van der Waals surface area contributed by atoms with Gasteiger partial charge in [0.05, 0.1) is 22.1 Å². The lowest BCUT2D eigenvalue weighted by Gasteiger charge is -2.26. The Bertz CT molecular complexity index is 3180. The van der Waals surface area contributed by atoms with Gasteiger partial charge in [-0.2, -0.15) is 0 Å². The number of hydrogen-bond acceptors (Lipinski definition) is 0. The van der Waals surface area contributed by atoms with Crippen molar-refractivity contribution in [3.05, 3.63) is 229 Å². The number of nitrogens with zero attached hydrogens (tertiary/aromatic N) is 2. The van der Waals surface area contributed by atoms with Gasteiger partial charge in [0, 0.05) is 32.9 Å². The second kappa shape index (κ2) is 13.1. The molecule has 278 valence electrons. The fraction of sp³-hybridized carbons (Fsp3) is 0.0357. The van der Waals surface area contributed by atoms with E-state index < -0.39 is 0 Å². The van der Waals surface area contributed by atoms with Crippen molar-refractivity contribution in [2.24, 2.45) is 0 Å². The third-order valence-electron chi connectivity index (χ3n) is 13.6. The Morgan fingerprint density at radius 1 is 0.283 bits per heavy atom. The van der Waals surface area contributed by atoms with Crippen LogP contribution in [0.4, 0.5) is 0 Å². The molecule has 4 heteroatoms. The highest BCUT2D eigenvalue weighted by atomic mass is 15.0. The lowest BCUT2D eigenvalue weighted by atomic mass is 9.33. The van der Waals surface area contributed by atoms with Gasteiger partial charge < -0.3 is 9.13 Å². The zero-order valence-electron chi connectivity index (χ0n) is 33.1. The highest BCUT2D eigenvalue weighted by molar-refractivity contribution is 6.97. The van der Waals surface area contributed by atoms with Gasteiger partial charge in [0.15, 0.2) is 0 Å². The van der Waals surface area contributed by atoms with E-state index in [1.165, 1.54) is 110 Å². The molecule has 2 aliphatic rings. The maximum atomic E-state index is 2.50. The van der Waals surface area contributed by atoms with Gasteiger partial charge >= 0.3 is 0 Å². The third kappa shape index (κ3) is 4.97. The van der Waals surface area contributed by atoms with Crippen LogP contribution in [0.5, 0.6) is 0 Å². The molecule has 0 radical (unpaired) electrons. The maximum Gasteiger partial charge on any atom is 0.241 e. The zero-order chi connectivity index (χ0) is 39.3. The zero-order valence-corrected chi connectivity index (χ0v) is 33.1. The van der Waals surface area contributed by atoms with Crippen molar-refractivity contribution < 1.29 is 0 Å². The molecule has 0 amide bonds. The number of fused-ring (bicyclic) bond motifs is 10. The maximum absolute atomic E-state index is 2.50. The van der Waals surface area contributed by atoms with E-state index in [2.05, 4.69) is 215 Å². The molecule has 0 aliphatic carbocycles. The Labute approximate surface area is 350 Å². The van der Waals surface area contributed by atoms with Gasteiger partial charge in [0.1, 0.15) is 0 Å². The highest BCUT2D eigenvalue weighted by Crippen LogP contribution is 2.39. The van der Waals surface area contributed by atoms with Crippen LogP contribution in [0.15, 0.2) is 206 Å². The van der Waals surface area contributed by atoms with E-state index in [1.807, 2.05) is 0 Å². The molecule has 0 fully saturated rings. The van der Waals surface area contributed by atoms with Crippen LogP contribution in [0, 0.1) is 0 Å². The summed E-state index contributed by atoms with van der Waals surface area (Å²) in [6.45, 7) is 0.331. The van der Waals surface area contributed by atoms with Crippen molar-refractivity contribution in [1.82, 2.24) is 9.13 Å². The molecule has 2 aliphatic heterocycles. The fourth-order valence-corrected chi connectivity index (χ4v) is 11.0. The summed E-state index contributed by atoms with van der Waals surface area (Å²) in [5.41, 5.74) is 21.2. The molecule has 2 nitrogen and oxygen atoms in total. The summed E-state index contributed by atoms with van der Waals surface area (Å²) in [5, 5.41) is 5.07. The molecule has 0 saturated heterocycles. The van der Waals surface area contributed by atoms with Crippen molar-refractivity contribution in [3.8, 4) is 11.4 Å². The number of hydrogen-bond donors (Lipinski definition) is 0. The smallest absolute Gasteiger partial charge is 0.241 e. The molecule has 2 aromatic heterocycles.